The van der Waals surface area contributed by atoms with E-state index in [0.717, 1.165) is 23.4 Å². The molecule has 5 heteroatoms. The van der Waals surface area contributed by atoms with Gasteiger partial charge in [0, 0.05) is 29.6 Å². The SMILES string of the molecule is C=CC(=O)Nc1cc(-c2cc[nH]c2-c2ccc(CN(C)C)cc2)cc(F)c1C. The lowest BCUT2D eigenvalue weighted by Gasteiger charge is -2.13. The summed E-state index contributed by atoms with van der Waals surface area (Å²) in [7, 11) is 4.07. The molecule has 28 heavy (non-hydrogen) atoms. The van der Waals surface area contributed by atoms with Crippen LogP contribution in [0.15, 0.2) is 61.3 Å². The van der Waals surface area contributed by atoms with Crippen molar-refractivity contribution < 1.29 is 9.18 Å². The average Bonchev–Trinajstić information content (AvgIpc) is 3.15. The molecule has 0 spiro atoms. The fourth-order valence-electron chi connectivity index (χ4n) is 3.14. The normalized spacial score (nSPS) is 10.9. The fraction of sp³-hybridized carbons (Fsp3) is 0.174. The summed E-state index contributed by atoms with van der Waals surface area (Å²) >= 11 is 0. The Bertz CT molecular complexity index is 1000. The Morgan fingerprint density at radius 2 is 1.89 bits per heavy atom. The number of nitrogens with one attached hydrogen (secondary N) is 2. The molecule has 0 aliphatic heterocycles. The zero-order chi connectivity index (χ0) is 20.3. The van der Waals surface area contributed by atoms with Crippen LogP contribution in [-0.4, -0.2) is 29.9 Å². The highest BCUT2D eigenvalue weighted by molar-refractivity contribution is 6.00. The highest BCUT2D eigenvalue weighted by Crippen LogP contribution is 2.34. The minimum Gasteiger partial charge on any atom is -0.361 e. The molecule has 1 amide bonds. The summed E-state index contributed by atoms with van der Waals surface area (Å²) < 4.78 is 14.5. The van der Waals surface area contributed by atoms with E-state index in [0.29, 0.717) is 16.8 Å². The molecule has 144 valence electrons. The second kappa shape index (κ2) is 8.23. The number of anilines is 1. The molecular formula is C23H24FN3O. The molecular weight excluding hydrogens is 353 g/mol. The number of nitrogens with zero attached hydrogens (tertiary/aromatic N) is 1. The van der Waals surface area contributed by atoms with Crippen LogP contribution in [0.25, 0.3) is 22.4 Å². The highest BCUT2D eigenvalue weighted by atomic mass is 19.1. The molecule has 3 aromatic rings. The molecule has 2 aromatic carbocycles. The van der Waals surface area contributed by atoms with E-state index in [1.54, 1.807) is 13.0 Å². The molecule has 0 atom stereocenters. The molecule has 4 nitrogen and oxygen atoms in total. The number of hydrogen-bond acceptors (Lipinski definition) is 2. The number of aromatic nitrogens is 1. The summed E-state index contributed by atoms with van der Waals surface area (Å²) in [5, 5.41) is 2.68. The number of carbonyl (C=O) groups is 1. The number of amides is 1. The third-order valence-electron chi connectivity index (χ3n) is 4.59. The molecule has 2 N–H and O–H groups in total. The number of aromatic amines is 1. The molecule has 0 aliphatic rings. The van der Waals surface area contributed by atoms with Gasteiger partial charge in [-0.15, -0.1) is 0 Å². The monoisotopic (exact) mass is 377 g/mol. The predicted octanol–water partition coefficient (Wildman–Crippen LogP) is 4.98. The largest absolute Gasteiger partial charge is 0.361 e. The Morgan fingerprint density at radius 3 is 2.54 bits per heavy atom. The highest BCUT2D eigenvalue weighted by Gasteiger charge is 2.14. The van der Waals surface area contributed by atoms with Gasteiger partial charge < -0.3 is 15.2 Å². The van der Waals surface area contributed by atoms with Gasteiger partial charge in [0.05, 0.1) is 5.69 Å². The third kappa shape index (κ3) is 4.21. The predicted molar refractivity (Wildman–Crippen MR) is 113 cm³/mol. The van der Waals surface area contributed by atoms with Crippen molar-refractivity contribution in [2.75, 3.05) is 19.4 Å². The van der Waals surface area contributed by atoms with Crippen molar-refractivity contribution in [1.29, 1.82) is 0 Å². The first kappa shape index (κ1) is 19.6. The van der Waals surface area contributed by atoms with E-state index in [1.165, 1.54) is 17.7 Å². The van der Waals surface area contributed by atoms with E-state index in [9.17, 15) is 9.18 Å². The second-order valence-corrected chi connectivity index (χ2v) is 7.03. The summed E-state index contributed by atoms with van der Waals surface area (Å²) in [6.07, 6.45) is 3.00. The van der Waals surface area contributed by atoms with Gasteiger partial charge >= 0.3 is 0 Å². The van der Waals surface area contributed by atoms with Gasteiger partial charge in [-0.25, -0.2) is 4.39 Å². The number of halogens is 1. The Labute approximate surface area is 164 Å². The molecule has 0 aliphatic carbocycles. The maximum atomic E-state index is 14.5. The zero-order valence-electron chi connectivity index (χ0n) is 16.3. The van der Waals surface area contributed by atoms with Gasteiger partial charge in [-0.3, -0.25) is 4.79 Å². The Kier molecular flexibility index (Phi) is 5.76. The van der Waals surface area contributed by atoms with Crippen molar-refractivity contribution in [2.45, 2.75) is 13.5 Å². The molecule has 0 bridgehead atoms. The van der Waals surface area contributed by atoms with E-state index in [4.69, 9.17) is 0 Å². The van der Waals surface area contributed by atoms with E-state index in [-0.39, 0.29) is 11.7 Å². The van der Waals surface area contributed by atoms with Gasteiger partial charge in [0.2, 0.25) is 5.91 Å². The van der Waals surface area contributed by atoms with Crippen LogP contribution in [0.1, 0.15) is 11.1 Å². The summed E-state index contributed by atoms with van der Waals surface area (Å²) in [6, 6.07) is 13.5. The molecule has 1 aromatic heterocycles. The molecule has 0 radical (unpaired) electrons. The number of rotatable bonds is 6. The molecule has 0 saturated carbocycles. The van der Waals surface area contributed by atoms with E-state index >= 15 is 0 Å². The van der Waals surface area contributed by atoms with Crippen LogP contribution in [0.4, 0.5) is 10.1 Å². The average molecular weight is 377 g/mol. The van der Waals surface area contributed by atoms with Crippen LogP contribution in [0, 0.1) is 12.7 Å². The van der Waals surface area contributed by atoms with Gasteiger partial charge in [0.25, 0.3) is 0 Å². The van der Waals surface area contributed by atoms with E-state index in [1.807, 2.05) is 26.4 Å². The van der Waals surface area contributed by atoms with E-state index in [2.05, 4.69) is 46.0 Å². The van der Waals surface area contributed by atoms with Crippen LogP contribution < -0.4 is 5.32 Å². The van der Waals surface area contributed by atoms with E-state index < -0.39 is 0 Å². The number of H-pyrrole nitrogens is 1. The van der Waals surface area contributed by atoms with Gasteiger partial charge in [-0.1, -0.05) is 30.8 Å². The van der Waals surface area contributed by atoms with Crippen LogP contribution in [0.5, 0.6) is 0 Å². The Balaban J connectivity index is 1.99. The minimum absolute atomic E-state index is 0.370. The standard InChI is InChI=1S/C23H24FN3O/c1-5-22(28)26-21-13-18(12-20(24)15(21)2)19-10-11-25-23(19)17-8-6-16(7-9-17)14-27(3)4/h5-13,25H,1,14H2,2-4H3,(H,26,28). The Morgan fingerprint density at radius 1 is 1.18 bits per heavy atom. The van der Waals surface area contributed by atoms with Crippen molar-refractivity contribution >= 4 is 11.6 Å². The molecule has 0 fully saturated rings. The lowest BCUT2D eigenvalue weighted by Crippen LogP contribution is -2.10. The van der Waals surface area contributed by atoms with Gasteiger partial charge in [0.1, 0.15) is 5.82 Å². The smallest absolute Gasteiger partial charge is 0.247 e. The molecule has 0 unspecified atom stereocenters. The first-order valence-electron chi connectivity index (χ1n) is 9.04. The van der Waals surface area contributed by atoms with Crippen LogP contribution >= 0.6 is 0 Å². The first-order chi connectivity index (χ1) is 13.4. The zero-order valence-corrected chi connectivity index (χ0v) is 16.3. The number of benzene rings is 2. The minimum atomic E-state index is -0.370. The lowest BCUT2D eigenvalue weighted by atomic mass is 9.98. The van der Waals surface area contributed by atoms with Crippen LogP contribution in [-0.2, 0) is 11.3 Å². The van der Waals surface area contributed by atoms with Gasteiger partial charge in [-0.05, 0) is 62.0 Å². The lowest BCUT2D eigenvalue weighted by molar-refractivity contribution is -0.111. The van der Waals surface area contributed by atoms with Crippen molar-refractivity contribution in [3.8, 4) is 22.4 Å². The van der Waals surface area contributed by atoms with Crippen LogP contribution in [0.2, 0.25) is 0 Å². The number of hydrogen-bond donors (Lipinski definition) is 2. The molecule has 0 saturated heterocycles. The van der Waals surface area contributed by atoms with Gasteiger partial charge in [-0.2, -0.15) is 0 Å². The second-order valence-electron chi connectivity index (χ2n) is 7.03. The topological polar surface area (TPSA) is 48.1 Å². The fourth-order valence-corrected chi connectivity index (χ4v) is 3.14. The molecule has 1 heterocycles. The third-order valence-corrected chi connectivity index (χ3v) is 4.59. The number of carbonyl (C=O) groups excluding carboxylic acids is 1. The maximum Gasteiger partial charge on any atom is 0.247 e. The summed E-state index contributed by atoms with van der Waals surface area (Å²) in [6.45, 7) is 5.95. The summed E-state index contributed by atoms with van der Waals surface area (Å²) in [4.78, 5) is 17.0. The van der Waals surface area contributed by atoms with Crippen molar-refractivity contribution in [3.63, 3.8) is 0 Å². The van der Waals surface area contributed by atoms with Crippen molar-refractivity contribution in [2.24, 2.45) is 0 Å². The quantitative estimate of drug-likeness (QED) is 0.595. The Hall–Kier alpha value is -3.18. The molecule has 3 rings (SSSR count). The summed E-state index contributed by atoms with van der Waals surface area (Å²) in [5.74, 6) is -0.740. The summed E-state index contributed by atoms with van der Waals surface area (Å²) in [5.41, 5.74) is 5.53. The van der Waals surface area contributed by atoms with Crippen molar-refractivity contribution in [1.82, 2.24) is 9.88 Å². The maximum absolute atomic E-state index is 14.5. The van der Waals surface area contributed by atoms with Gasteiger partial charge in [0.15, 0.2) is 0 Å². The van der Waals surface area contributed by atoms with Crippen LogP contribution in [0.3, 0.4) is 0 Å². The van der Waals surface area contributed by atoms with Crippen molar-refractivity contribution in [3.05, 3.63) is 78.3 Å². The first-order valence-corrected chi connectivity index (χ1v) is 9.04.